The Kier molecular flexibility index (Phi) is 11.0. The van der Waals surface area contributed by atoms with E-state index in [1.807, 2.05) is 54.6 Å². The summed E-state index contributed by atoms with van der Waals surface area (Å²) in [5, 5.41) is 11.2. The molecule has 1 aliphatic heterocycles. The Morgan fingerprint density at radius 3 is 2.16 bits per heavy atom. The van der Waals surface area contributed by atoms with Crippen LogP contribution in [0.1, 0.15) is 99.5 Å². The van der Waals surface area contributed by atoms with Gasteiger partial charge in [-0.1, -0.05) is 107 Å². The van der Waals surface area contributed by atoms with Crippen molar-refractivity contribution in [1.82, 2.24) is 0 Å². The van der Waals surface area contributed by atoms with E-state index in [9.17, 15) is 14.9 Å². The molecule has 3 aromatic carbocycles. The second-order valence-corrected chi connectivity index (χ2v) is 11.8. The highest BCUT2D eigenvalue weighted by atomic mass is 16.7. The van der Waals surface area contributed by atoms with Gasteiger partial charge in [0.25, 0.3) is 5.69 Å². The van der Waals surface area contributed by atoms with Gasteiger partial charge in [0.2, 0.25) is 0 Å². The van der Waals surface area contributed by atoms with Crippen molar-refractivity contribution in [3.8, 4) is 0 Å². The van der Waals surface area contributed by atoms with Gasteiger partial charge in [-0.25, -0.2) is 4.79 Å². The van der Waals surface area contributed by atoms with Crippen molar-refractivity contribution in [2.24, 2.45) is 0 Å². The maximum atomic E-state index is 13.5. The van der Waals surface area contributed by atoms with Crippen LogP contribution in [0.5, 0.6) is 0 Å². The molecule has 0 N–H and O–H groups in total. The molecule has 45 heavy (non-hydrogen) atoms. The SMILES string of the molecule is CCCCC[C@H]1O[C@@H](CCCCC)[C@](C2=CC(OC(=O)c3ccc([N+](=O)[O-])cc3)=C(c3ccccc3)CC2)(c2ccccc2)O1. The van der Waals surface area contributed by atoms with Gasteiger partial charge in [0.15, 0.2) is 6.29 Å². The van der Waals surface area contributed by atoms with Gasteiger partial charge >= 0.3 is 5.97 Å². The van der Waals surface area contributed by atoms with E-state index in [0.29, 0.717) is 18.6 Å². The van der Waals surface area contributed by atoms with Crippen LogP contribution in [0.3, 0.4) is 0 Å². The molecule has 1 aliphatic carbocycles. The maximum Gasteiger partial charge on any atom is 0.343 e. The predicted octanol–water partition coefficient (Wildman–Crippen LogP) is 9.68. The van der Waals surface area contributed by atoms with Crippen LogP contribution in [0, 0.1) is 10.1 Å². The summed E-state index contributed by atoms with van der Waals surface area (Å²) in [6.45, 7) is 4.40. The third-order valence-electron chi connectivity index (χ3n) is 8.77. The first-order valence-electron chi connectivity index (χ1n) is 16.3. The van der Waals surface area contributed by atoms with Gasteiger partial charge in [0, 0.05) is 17.7 Å². The number of ether oxygens (including phenoxy) is 3. The summed E-state index contributed by atoms with van der Waals surface area (Å²) in [5.74, 6) is -0.105. The molecule has 0 aromatic heterocycles. The van der Waals surface area contributed by atoms with Crippen molar-refractivity contribution < 1.29 is 23.9 Å². The summed E-state index contributed by atoms with van der Waals surface area (Å²) >= 11 is 0. The molecule has 236 valence electrons. The molecule has 3 atom stereocenters. The highest BCUT2D eigenvalue weighted by Gasteiger charge is 2.53. The van der Waals surface area contributed by atoms with Gasteiger partial charge < -0.3 is 14.2 Å². The number of carbonyl (C=O) groups is 1. The summed E-state index contributed by atoms with van der Waals surface area (Å²) in [6, 6.07) is 25.8. The third kappa shape index (κ3) is 7.43. The largest absolute Gasteiger partial charge is 0.423 e. The molecule has 1 fully saturated rings. The average molecular weight is 610 g/mol. The number of benzene rings is 3. The minimum absolute atomic E-state index is 0.0821. The first kappa shape index (κ1) is 32.3. The van der Waals surface area contributed by atoms with Gasteiger partial charge in [0.05, 0.1) is 16.6 Å². The number of non-ortho nitro benzene ring substituents is 1. The number of esters is 1. The van der Waals surface area contributed by atoms with E-state index >= 15 is 0 Å². The number of hydrogen-bond donors (Lipinski definition) is 0. The normalized spacial score (nSPS) is 21.4. The van der Waals surface area contributed by atoms with E-state index in [-0.39, 0.29) is 23.6 Å². The van der Waals surface area contributed by atoms with Crippen LogP contribution >= 0.6 is 0 Å². The quantitative estimate of drug-likeness (QED) is 0.0782. The Morgan fingerprint density at radius 1 is 0.867 bits per heavy atom. The van der Waals surface area contributed by atoms with E-state index in [2.05, 4.69) is 26.0 Å². The molecular weight excluding hydrogens is 566 g/mol. The number of nitro groups is 1. The monoisotopic (exact) mass is 609 g/mol. The maximum absolute atomic E-state index is 13.5. The fourth-order valence-electron chi connectivity index (χ4n) is 6.42. The number of nitrogens with zero attached hydrogens (tertiary/aromatic N) is 1. The summed E-state index contributed by atoms with van der Waals surface area (Å²) in [5.41, 5.74) is 3.32. The van der Waals surface area contributed by atoms with E-state index in [1.54, 1.807) is 0 Å². The van der Waals surface area contributed by atoms with Gasteiger partial charge in [0.1, 0.15) is 11.4 Å². The van der Waals surface area contributed by atoms with E-state index < -0.39 is 16.5 Å². The minimum Gasteiger partial charge on any atom is -0.423 e. The highest BCUT2D eigenvalue weighted by molar-refractivity contribution is 5.91. The number of unbranched alkanes of at least 4 members (excludes halogenated alkanes) is 4. The second-order valence-electron chi connectivity index (χ2n) is 11.8. The lowest BCUT2D eigenvalue weighted by atomic mass is 9.75. The van der Waals surface area contributed by atoms with Crippen molar-refractivity contribution >= 4 is 17.2 Å². The standard InChI is InChI=1S/C38H43NO6/c1-3-5-9-19-35-38(30-17-13-8-14-18-30,45-36(44-35)20-10-6-4-2)31-23-26-33(28-15-11-7-12-16-28)34(27-31)43-37(40)29-21-24-32(25-22-29)39(41)42/h7-8,11-18,21-22,24-25,27,35-36H,3-6,9-10,19-20,23,26H2,1-2H3/t35-,36-,38+/m0/s1. The molecule has 0 saturated carbocycles. The van der Waals surface area contributed by atoms with Crippen LogP contribution < -0.4 is 0 Å². The van der Waals surface area contributed by atoms with E-state index in [1.165, 1.54) is 24.3 Å². The van der Waals surface area contributed by atoms with Crippen LogP contribution in [-0.4, -0.2) is 23.3 Å². The lowest BCUT2D eigenvalue weighted by molar-refractivity contribution is -0.384. The van der Waals surface area contributed by atoms with Gasteiger partial charge in [-0.3, -0.25) is 10.1 Å². The average Bonchev–Trinajstić information content (AvgIpc) is 3.45. The molecule has 0 amide bonds. The Bertz CT molecular complexity index is 1500. The first-order valence-corrected chi connectivity index (χ1v) is 16.3. The predicted molar refractivity (Wildman–Crippen MR) is 175 cm³/mol. The minimum atomic E-state index is -0.820. The van der Waals surface area contributed by atoms with Crippen LogP contribution in [0.15, 0.2) is 102 Å². The highest BCUT2D eigenvalue weighted by Crippen LogP contribution is 2.51. The topological polar surface area (TPSA) is 87.9 Å². The molecular formula is C38H43NO6. The molecule has 1 saturated heterocycles. The van der Waals surface area contributed by atoms with Crippen molar-refractivity contribution in [1.29, 1.82) is 0 Å². The van der Waals surface area contributed by atoms with E-state index in [4.69, 9.17) is 14.2 Å². The number of rotatable bonds is 14. The first-order chi connectivity index (χ1) is 22.0. The number of nitro benzene ring substituents is 1. The van der Waals surface area contributed by atoms with Crippen LogP contribution in [-0.2, 0) is 19.8 Å². The smallest absolute Gasteiger partial charge is 0.343 e. The van der Waals surface area contributed by atoms with Gasteiger partial charge in [-0.2, -0.15) is 0 Å². The molecule has 3 aromatic rings. The molecule has 0 radical (unpaired) electrons. The molecule has 1 heterocycles. The lowest BCUT2D eigenvalue weighted by Gasteiger charge is -2.38. The van der Waals surface area contributed by atoms with Crippen LogP contribution in [0.25, 0.3) is 5.57 Å². The molecule has 0 spiro atoms. The number of carbonyl (C=O) groups excluding carboxylic acids is 1. The third-order valence-corrected chi connectivity index (χ3v) is 8.77. The Morgan fingerprint density at radius 2 is 1.51 bits per heavy atom. The zero-order chi connectivity index (χ0) is 31.6. The zero-order valence-corrected chi connectivity index (χ0v) is 26.3. The van der Waals surface area contributed by atoms with Crippen molar-refractivity contribution in [2.75, 3.05) is 0 Å². The summed E-state index contributed by atoms with van der Waals surface area (Å²) in [6.07, 6.45) is 11.1. The molecule has 2 aliphatic rings. The Balaban J connectivity index is 1.58. The second kappa shape index (κ2) is 15.3. The van der Waals surface area contributed by atoms with Crippen LogP contribution in [0.2, 0.25) is 0 Å². The van der Waals surface area contributed by atoms with Crippen molar-refractivity contribution in [3.63, 3.8) is 0 Å². The molecule has 5 rings (SSSR count). The lowest BCUT2D eigenvalue weighted by Crippen LogP contribution is -2.40. The molecule has 7 heteroatoms. The van der Waals surface area contributed by atoms with Gasteiger partial charge in [-0.15, -0.1) is 0 Å². The zero-order valence-electron chi connectivity index (χ0n) is 26.3. The van der Waals surface area contributed by atoms with Crippen LogP contribution in [0.4, 0.5) is 5.69 Å². The van der Waals surface area contributed by atoms with Gasteiger partial charge in [-0.05, 0) is 67.0 Å². The van der Waals surface area contributed by atoms with Crippen molar-refractivity contribution in [3.05, 3.63) is 129 Å². The fourth-order valence-corrected chi connectivity index (χ4v) is 6.42. The molecule has 7 nitrogen and oxygen atoms in total. The number of allylic oxidation sites excluding steroid dienone is 2. The Hall–Kier alpha value is -4.07. The number of hydrogen-bond acceptors (Lipinski definition) is 6. The van der Waals surface area contributed by atoms with Crippen molar-refractivity contribution in [2.45, 2.75) is 96.1 Å². The van der Waals surface area contributed by atoms with E-state index in [0.717, 1.165) is 73.6 Å². The fraction of sp³-hybridized carbons (Fsp3) is 0.395. The molecule has 0 bridgehead atoms. The summed E-state index contributed by atoms with van der Waals surface area (Å²) in [7, 11) is 0. The summed E-state index contributed by atoms with van der Waals surface area (Å²) < 4.78 is 20.0. The summed E-state index contributed by atoms with van der Waals surface area (Å²) in [4.78, 5) is 24.2. The Labute approximate surface area is 266 Å². The molecule has 0 unspecified atom stereocenters.